The van der Waals surface area contributed by atoms with Gasteiger partial charge in [-0.25, -0.2) is 0 Å². The molecule has 1 unspecified atom stereocenters. The topological polar surface area (TPSA) is 20.2 Å². The van der Waals surface area contributed by atoms with E-state index in [-0.39, 0.29) is 0 Å². The zero-order chi connectivity index (χ0) is 13.3. The SMILES string of the molecule is Cc1ccc(C)c(C(C)(O)C2CCC(C)CC2)c1. The number of aryl methyl sites for hydroxylation is 2. The van der Waals surface area contributed by atoms with Crippen molar-refractivity contribution >= 4 is 0 Å². The van der Waals surface area contributed by atoms with Gasteiger partial charge in [-0.2, -0.15) is 0 Å². The molecule has 1 aliphatic carbocycles. The molecule has 1 aliphatic rings. The fraction of sp³-hybridized carbons (Fsp3) is 0.647. The van der Waals surface area contributed by atoms with Crippen LogP contribution in [0.2, 0.25) is 0 Å². The maximum Gasteiger partial charge on any atom is 0.0899 e. The van der Waals surface area contributed by atoms with E-state index in [1.165, 1.54) is 24.0 Å². The Bertz CT molecular complexity index is 412. The zero-order valence-electron chi connectivity index (χ0n) is 12.2. The minimum Gasteiger partial charge on any atom is -0.385 e. The molecular formula is C17H26O. The summed E-state index contributed by atoms with van der Waals surface area (Å²) in [6.07, 6.45) is 4.82. The Morgan fingerprint density at radius 2 is 1.72 bits per heavy atom. The quantitative estimate of drug-likeness (QED) is 0.823. The Hall–Kier alpha value is -0.820. The second kappa shape index (κ2) is 5.05. The van der Waals surface area contributed by atoms with E-state index in [1.807, 2.05) is 6.92 Å². The van der Waals surface area contributed by atoms with Crippen LogP contribution < -0.4 is 0 Å². The van der Waals surface area contributed by atoms with Crippen LogP contribution in [0.1, 0.15) is 56.2 Å². The second-order valence-corrected chi connectivity index (χ2v) is 6.42. The van der Waals surface area contributed by atoms with Gasteiger partial charge in [-0.1, -0.05) is 43.5 Å². The molecule has 0 bridgehead atoms. The summed E-state index contributed by atoms with van der Waals surface area (Å²) in [5.41, 5.74) is 2.90. The molecule has 1 heteroatoms. The first-order chi connectivity index (χ1) is 8.41. The predicted octanol–water partition coefficient (Wildman–Crippen LogP) is 4.34. The monoisotopic (exact) mass is 246 g/mol. The van der Waals surface area contributed by atoms with Crippen molar-refractivity contribution in [3.63, 3.8) is 0 Å². The third-order valence-electron chi connectivity index (χ3n) is 4.75. The van der Waals surface area contributed by atoms with Gasteiger partial charge in [0.1, 0.15) is 0 Å². The van der Waals surface area contributed by atoms with E-state index in [0.717, 1.165) is 24.3 Å². The van der Waals surface area contributed by atoms with E-state index in [1.54, 1.807) is 0 Å². The molecule has 0 saturated heterocycles. The van der Waals surface area contributed by atoms with Crippen molar-refractivity contribution in [2.75, 3.05) is 0 Å². The van der Waals surface area contributed by atoms with Gasteiger partial charge >= 0.3 is 0 Å². The lowest BCUT2D eigenvalue weighted by atomic mass is 9.71. The van der Waals surface area contributed by atoms with Crippen molar-refractivity contribution in [1.82, 2.24) is 0 Å². The first-order valence-electron chi connectivity index (χ1n) is 7.21. The van der Waals surface area contributed by atoms with Gasteiger partial charge < -0.3 is 5.11 Å². The Morgan fingerprint density at radius 3 is 2.33 bits per heavy atom. The highest BCUT2D eigenvalue weighted by atomic mass is 16.3. The summed E-state index contributed by atoms with van der Waals surface area (Å²) in [5, 5.41) is 11.0. The molecule has 1 N–H and O–H groups in total. The highest BCUT2D eigenvalue weighted by Crippen LogP contribution is 2.41. The maximum absolute atomic E-state index is 11.0. The second-order valence-electron chi connectivity index (χ2n) is 6.42. The summed E-state index contributed by atoms with van der Waals surface area (Å²) in [6.45, 7) is 8.54. The van der Waals surface area contributed by atoms with Gasteiger partial charge in [0, 0.05) is 0 Å². The highest BCUT2D eigenvalue weighted by molar-refractivity contribution is 5.35. The maximum atomic E-state index is 11.0. The van der Waals surface area contributed by atoms with Crippen LogP contribution >= 0.6 is 0 Å². The molecule has 0 radical (unpaired) electrons. The number of hydrogen-bond donors (Lipinski definition) is 1. The van der Waals surface area contributed by atoms with Crippen molar-refractivity contribution < 1.29 is 5.11 Å². The van der Waals surface area contributed by atoms with Crippen LogP contribution in [0.4, 0.5) is 0 Å². The molecule has 0 aliphatic heterocycles. The van der Waals surface area contributed by atoms with Crippen molar-refractivity contribution in [2.45, 2.75) is 59.0 Å². The van der Waals surface area contributed by atoms with Gasteiger partial charge in [-0.05, 0) is 56.6 Å². The summed E-state index contributed by atoms with van der Waals surface area (Å²) in [4.78, 5) is 0. The normalized spacial score (nSPS) is 27.8. The van der Waals surface area contributed by atoms with E-state index < -0.39 is 5.60 Å². The van der Waals surface area contributed by atoms with Gasteiger partial charge in [0.05, 0.1) is 5.60 Å². The van der Waals surface area contributed by atoms with Crippen molar-refractivity contribution in [1.29, 1.82) is 0 Å². The van der Waals surface area contributed by atoms with Gasteiger partial charge in [0.15, 0.2) is 0 Å². The van der Waals surface area contributed by atoms with Crippen LogP contribution in [0.5, 0.6) is 0 Å². The van der Waals surface area contributed by atoms with E-state index in [0.29, 0.717) is 5.92 Å². The Balaban J connectivity index is 2.26. The zero-order valence-corrected chi connectivity index (χ0v) is 12.2. The lowest BCUT2D eigenvalue weighted by Crippen LogP contribution is -2.35. The number of benzene rings is 1. The molecule has 1 fully saturated rings. The number of rotatable bonds is 2. The van der Waals surface area contributed by atoms with Gasteiger partial charge in [0.25, 0.3) is 0 Å². The minimum absolute atomic E-state index is 0.411. The molecule has 0 spiro atoms. The fourth-order valence-electron chi connectivity index (χ4n) is 3.32. The van der Waals surface area contributed by atoms with Crippen LogP contribution in [0.25, 0.3) is 0 Å². The Morgan fingerprint density at radius 1 is 1.11 bits per heavy atom. The summed E-state index contributed by atoms with van der Waals surface area (Å²) in [6, 6.07) is 6.41. The molecule has 2 rings (SSSR count). The Labute approximate surface area is 111 Å². The Kier molecular flexibility index (Phi) is 3.82. The summed E-state index contributed by atoms with van der Waals surface area (Å²) in [7, 11) is 0. The van der Waals surface area contributed by atoms with Gasteiger partial charge in [0.2, 0.25) is 0 Å². The first-order valence-corrected chi connectivity index (χ1v) is 7.21. The third kappa shape index (κ3) is 2.61. The minimum atomic E-state index is -0.670. The molecule has 0 aromatic heterocycles. The molecule has 0 heterocycles. The van der Waals surface area contributed by atoms with E-state index in [4.69, 9.17) is 0 Å². The molecule has 1 saturated carbocycles. The molecular weight excluding hydrogens is 220 g/mol. The van der Waals surface area contributed by atoms with Crippen molar-refractivity contribution in [3.8, 4) is 0 Å². The highest BCUT2D eigenvalue weighted by Gasteiger charge is 2.36. The average Bonchev–Trinajstić information content (AvgIpc) is 2.32. The lowest BCUT2D eigenvalue weighted by molar-refractivity contribution is -0.0269. The molecule has 18 heavy (non-hydrogen) atoms. The third-order valence-corrected chi connectivity index (χ3v) is 4.75. The first kappa shape index (κ1) is 13.6. The van der Waals surface area contributed by atoms with Crippen LogP contribution in [0.15, 0.2) is 18.2 Å². The smallest absolute Gasteiger partial charge is 0.0899 e. The van der Waals surface area contributed by atoms with E-state index in [9.17, 15) is 5.11 Å². The number of hydrogen-bond acceptors (Lipinski definition) is 1. The fourth-order valence-corrected chi connectivity index (χ4v) is 3.32. The molecule has 100 valence electrons. The van der Waals surface area contributed by atoms with Crippen LogP contribution in [-0.2, 0) is 5.60 Å². The molecule has 1 aromatic rings. The van der Waals surface area contributed by atoms with E-state index in [2.05, 4.69) is 39.0 Å². The van der Waals surface area contributed by atoms with Crippen LogP contribution in [0, 0.1) is 25.7 Å². The number of aliphatic hydroxyl groups is 1. The molecule has 1 atom stereocenters. The lowest BCUT2D eigenvalue weighted by Gasteiger charge is -2.38. The predicted molar refractivity (Wildman–Crippen MR) is 76.6 cm³/mol. The largest absolute Gasteiger partial charge is 0.385 e. The van der Waals surface area contributed by atoms with E-state index >= 15 is 0 Å². The summed E-state index contributed by atoms with van der Waals surface area (Å²) >= 11 is 0. The molecule has 1 nitrogen and oxygen atoms in total. The van der Waals surface area contributed by atoms with Crippen LogP contribution in [-0.4, -0.2) is 5.11 Å². The van der Waals surface area contributed by atoms with Crippen LogP contribution in [0.3, 0.4) is 0 Å². The van der Waals surface area contributed by atoms with Crippen molar-refractivity contribution in [3.05, 3.63) is 34.9 Å². The average molecular weight is 246 g/mol. The standard InChI is InChI=1S/C17H26O/c1-12-6-9-15(10-7-12)17(4,18)16-11-13(2)5-8-14(16)3/h5,8,11-12,15,18H,6-7,9-10H2,1-4H3. The molecule has 1 aromatic carbocycles. The summed E-state index contributed by atoms with van der Waals surface area (Å²) in [5.74, 6) is 1.24. The van der Waals surface area contributed by atoms with Gasteiger partial charge in [-0.15, -0.1) is 0 Å². The van der Waals surface area contributed by atoms with Gasteiger partial charge in [-0.3, -0.25) is 0 Å². The summed E-state index contributed by atoms with van der Waals surface area (Å²) < 4.78 is 0. The van der Waals surface area contributed by atoms with Crippen molar-refractivity contribution in [2.24, 2.45) is 11.8 Å². The molecule has 0 amide bonds.